The smallest absolute Gasteiger partial charge is 0.191 e. The quantitative estimate of drug-likeness (QED) is 0.552. The van der Waals surface area contributed by atoms with Crippen molar-refractivity contribution in [1.29, 1.82) is 0 Å². The van der Waals surface area contributed by atoms with E-state index in [0.29, 0.717) is 12.0 Å². The number of aliphatic imine (C=N–C) groups is 1. The molecule has 1 atom stereocenters. The van der Waals surface area contributed by atoms with Crippen LogP contribution in [0.2, 0.25) is 5.02 Å². The van der Waals surface area contributed by atoms with Crippen LogP contribution in [0.5, 0.6) is 0 Å². The lowest BCUT2D eigenvalue weighted by Crippen LogP contribution is -2.41. The van der Waals surface area contributed by atoms with E-state index in [2.05, 4.69) is 34.6 Å². The fourth-order valence-corrected chi connectivity index (χ4v) is 3.97. The molecule has 0 saturated carbocycles. The second-order valence-electron chi connectivity index (χ2n) is 7.55. The molecule has 2 saturated heterocycles. The van der Waals surface area contributed by atoms with E-state index in [-0.39, 0.29) is 0 Å². The molecule has 2 aliphatic heterocycles. The normalized spacial score (nSPS) is 22.1. The van der Waals surface area contributed by atoms with Gasteiger partial charge in [-0.15, -0.1) is 0 Å². The highest BCUT2D eigenvalue weighted by Gasteiger charge is 2.20. The number of piperidine rings is 1. The van der Waals surface area contributed by atoms with Gasteiger partial charge in [0, 0.05) is 37.8 Å². The number of ether oxygens (including phenoxy) is 1. The van der Waals surface area contributed by atoms with Crippen molar-refractivity contribution in [2.24, 2.45) is 10.9 Å². The van der Waals surface area contributed by atoms with Crippen LogP contribution in [0.25, 0.3) is 0 Å². The molecule has 5 nitrogen and oxygen atoms in total. The number of likely N-dealkylation sites (tertiary alicyclic amines) is 1. The monoisotopic (exact) mass is 392 g/mol. The van der Waals surface area contributed by atoms with Gasteiger partial charge in [0.1, 0.15) is 0 Å². The summed E-state index contributed by atoms with van der Waals surface area (Å²) < 4.78 is 5.68. The van der Waals surface area contributed by atoms with E-state index in [1.165, 1.54) is 24.8 Å². The van der Waals surface area contributed by atoms with Gasteiger partial charge in [-0.2, -0.15) is 0 Å². The van der Waals surface area contributed by atoms with Crippen LogP contribution in [-0.4, -0.2) is 56.3 Å². The Morgan fingerprint density at radius 1 is 1.22 bits per heavy atom. The summed E-state index contributed by atoms with van der Waals surface area (Å²) in [5.41, 5.74) is 1.23. The van der Waals surface area contributed by atoms with Gasteiger partial charge in [-0.3, -0.25) is 9.89 Å². The number of hydrogen-bond donors (Lipinski definition) is 2. The van der Waals surface area contributed by atoms with Crippen LogP contribution in [0.3, 0.4) is 0 Å². The van der Waals surface area contributed by atoms with Crippen molar-refractivity contribution in [3.05, 3.63) is 34.9 Å². The van der Waals surface area contributed by atoms with E-state index < -0.39 is 0 Å². The second-order valence-corrected chi connectivity index (χ2v) is 7.95. The largest absolute Gasteiger partial charge is 0.376 e. The van der Waals surface area contributed by atoms with Gasteiger partial charge in [0.05, 0.1) is 6.10 Å². The summed E-state index contributed by atoms with van der Waals surface area (Å²) in [6, 6.07) is 8.16. The van der Waals surface area contributed by atoms with Crippen molar-refractivity contribution in [1.82, 2.24) is 15.5 Å². The zero-order valence-corrected chi connectivity index (χ0v) is 17.2. The van der Waals surface area contributed by atoms with Crippen LogP contribution in [0, 0.1) is 5.92 Å². The Morgan fingerprint density at radius 3 is 2.74 bits per heavy atom. The van der Waals surface area contributed by atoms with E-state index >= 15 is 0 Å². The molecule has 3 rings (SSSR count). The van der Waals surface area contributed by atoms with Crippen LogP contribution >= 0.6 is 11.6 Å². The van der Waals surface area contributed by atoms with Crippen LogP contribution in [0.1, 0.15) is 38.2 Å². The zero-order chi connectivity index (χ0) is 18.9. The summed E-state index contributed by atoms with van der Waals surface area (Å²) in [5, 5.41) is 7.66. The standard InChI is InChI=1S/C21H33ClN4O/c1-2-23-21(25-15-19-7-5-13-27-19)24-14-17-9-11-26(12-10-17)16-18-6-3-4-8-20(18)22/h3-4,6,8,17,19H,2,5,7,9-16H2,1H3,(H2,23,24,25). The summed E-state index contributed by atoms with van der Waals surface area (Å²) in [4.78, 5) is 7.32. The number of nitrogens with one attached hydrogen (secondary N) is 2. The van der Waals surface area contributed by atoms with Crippen molar-refractivity contribution < 1.29 is 4.74 Å². The number of halogens is 1. The molecule has 2 fully saturated rings. The summed E-state index contributed by atoms with van der Waals surface area (Å²) in [5.74, 6) is 1.58. The van der Waals surface area contributed by atoms with Gasteiger partial charge in [-0.25, -0.2) is 0 Å². The maximum atomic E-state index is 6.30. The molecule has 1 aromatic rings. The first-order chi connectivity index (χ1) is 13.2. The zero-order valence-electron chi connectivity index (χ0n) is 16.4. The van der Waals surface area contributed by atoms with E-state index in [1.54, 1.807) is 0 Å². The van der Waals surface area contributed by atoms with Crippen molar-refractivity contribution in [2.75, 3.05) is 39.3 Å². The maximum absolute atomic E-state index is 6.30. The second kappa shape index (κ2) is 10.9. The van der Waals surface area contributed by atoms with E-state index in [0.717, 1.165) is 63.3 Å². The molecule has 6 heteroatoms. The number of guanidine groups is 1. The van der Waals surface area contributed by atoms with Gasteiger partial charge in [0.15, 0.2) is 5.96 Å². The lowest BCUT2D eigenvalue weighted by Gasteiger charge is -2.31. The van der Waals surface area contributed by atoms with Gasteiger partial charge in [-0.05, 0) is 63.2 Å². The molecule has 1 unspecified atom stereocenters. The number of hydrogen-bond acceptors (Lipinski definition) is 3. The van der Waals surface area contributed by atoms with Gasteiger partial charge in [-0.1, -0.05) is 29.8 Å². The molecular formula is C21H33ClN4O. The fourth-order valence-electron chi connectivity index (χ4n) is 3.77. The summed E-state index contributed by atoms with van der Waals surface area (Å²) >= 11 is 6.30. The van der Waals surface area contributed by atoms with Crippen molar-refractivity contribution in [2.45, 2.75) is 45.3 Å². The molecule has 0 spiro atoms. The Hall–Kier alpha value is -1.30. The minimum Gasteiger partial charge on any atom is -0.376 e. The Kier molecular flexibility index (Phi) is 8.24. The fraction of sp³-hybridized carbons (Fsp3) is 0.667. The van der Waals surface area contributed by atoms with Crippen molar-refractivity contribution >= 4 is 17.6 Å². The minimum atomic E-state index is 0.335. The Morgan fingerprint density at radius 2 is 2.04 bits per heavy atom. The molecule has 0 aromatic heterocycles. The number of nitrogens with zero attached hydrogens (tertiary/aromatic N) is 2. The topological polar surface area (TPSA) is 48.9 Å². The third-order valence-corrected chi connectivity index (χ3v) is 5.80. The third-order valence-electron chi connectivity index (χ3n) is 5.43. The molecule has 150 valence electrons. The Labute approximate surface area is 168 Å². The van der Waals surface area contributed by atoms with Crippen molar-refractivity contribution in [3.8, 4) is 0 Å². The van der Waals surface area contributed by atoms with Gasteiger partial charge in [0.2, 0.25) is 0 Å². The molecule has 1 aromatic carbocycles. The lowest BCUT2D eigenvalue weighted by atomic mass is 9.96. The summed E-state index contributed by atoms with van der Waals surface area (Å²) in [7, 11) is 0. The first-order valence-corrected chi connectivity index (χ1v) is 10.7. The van der Waals surface area contributed by atoms with Gasteiger partial charge in [0.25, 0.3) is 0 Å². The molecule has 0 bridgehead atoms. The van der Waals surface area contributed by atoms with Crippen LogP contribution in [0.15, 0.2) is 29.3 Å². The molecule has 0 amide bonds. The summed E-state index contributed by atoms with van der Waals surface area (Å²) in [6.07, 6.45) is 5.04. The van der Waals surface area contributed by atoms with Crippen LogP contribution < -0.4 is 10.6 Å². The van der Waals surface area contributed by atoms with Gasteiger partial charge >= 0.3 is 0 Å². The molecule has 0 aliphatic carbocycles. The average molecular weight is 393 g/mol. The number of rotatable bonds is 7. The molecular weight excluding hydrogens is 360 g/mol. The Balaban J connectivity index is 1.41. The van der Waals surface area contributed by atoms with E-state index in [1.807, 2.05) is 12.1 Å². The van der Waals surface area contributed by atoms with E-state index in [9.17, 15) is 0 Å². The highest BCUT2D eigenvalue weighted by atomic mass is 35.5. The third kappa shape index (κ3) is 6.66. The van der Waals surface area contributed by atoms with Gasteiger partial charge < -0.3 is 15.4 Å². The highest BCUT2D eigenvalue weighted by molar-refractivity contribution is 6.31. The van der Waals surface area contributed by atoms with Crippen molar-refractivity contribution in [3.63, 3.8) is 0 Å². The minimum absolute atomic E-state index is 0.335. The first kappa shape index (κ1) is 20.4. The number of benzene rings is 1. The van der Waals surface area contributed by atoms with Crippen LogP contribution in [-0.2, 0) is 11.3 Å². The predicted octanol–water partition coefficient (Wildman–Crippen LogP) is 3.29. The van der Waals surface area contributed by atoms with E-state index in [4.69, 9.17) is 21.3 Å². The molecule has 27 heavy (non-hydrogen) atoms. The summed E-state index contributed by atoms with van der Waals surface area (Å²) in [6.45, 7) is 8.80. The highest BCUT2D eigenvalue weighted by Crippen LogP contribution is 2.22. The lowest BCUT2D eigenvalue weighted by molar-refractivity contribution is 0.113. The SMILES string of the molecule is CCNC(=NCC1CCN(Cc2ccccc2Cl)CC1)NCC1CCCO1. The maximum Gasteiger partial charge on any atom is 0.191 e. The average Bonchev–Trinajstić information content (AvgIpc) is 3.21. The molecule has 2 heterocycles. The van der Waals surface area contributed by atoms with Crippen LogP contribution in [0.4, 0.5) is 0 Å². The predicted molar refractivity (Wildman–Crippen MR) is 112 cm³/mol. The first-order valence-electron chi connectivity index (χ1n) is 10.3. The molecule has 0 radical (unpaired) electrons. The molecule has 2 N–H and O–H groups in total. The Bertz CT molecular complexity index is 596. The molecule has 2 aliphatic rings.